The predicted molar refractivity (Wildman–Crippen MR) is 57.8 cm³/mol. The van der Waals surface area contributed by atoms with E-state index in [1.54, 1.807) is 0 Å². The van der Waals surface area contributed by atoms with Crippen molar-refractivity contribution in [3.8, 4) is 5.75 Å². The minimum absolute atomic E-state index is 0.0178. The smallest absolute Gasteiger partial charge is 0.117 e. The summed E-state index contributed by atoms with van der Waals surface area (Å²) < 4.78 is 0. The van der Waals surface area contributed by atoms with Crippen molar-refractivity contribution in [2.45, 2.75) is 18.6 Å². The Hall–Kier alpha value is -0.810. The van der Waals surface area contributed by atoms with E-state index in [9.17, 15) is 10.2 Å². The van der Waals surface area contributed by atoms with Crippen LogP contribution in [0, 0.1) is 0 Å². The van der Waals surface area contributed by atoms with Crippen molar-refractivity contribution in [2.24, 2.45) is 5.73 Å². The summed E-state index contributed by atoms with van der Waals surface area (Å²) in [6, 6.07) is 4.19. The molecular formula is C10H14ClNO3. The van der Waals surface area contributed by atoms with Gasteiger partial charge in [-0.2, -0.15) is 0 Å². The predicted octanol–water partition coefficient (Wildman–Crippen LogP) is 0.789. The fourth-order valence-corrected chi connectivity index (χ4v) is 1.58. The van der Waals surface area contributed by atoms with E-state index in [1.165, 1.54) is 18.2 Å². The van der Waals surface area contributed by atoms with Crippen LogP contribution in [0.15, 0.2) is 18.2 Å². The lowest BCUT2D eigenvalue weighted by molar-refractivity contribution is 0.0150. The number of phenolic OH excluding ortho intramolecular Hbond substituents is 1. The molecule has 0 saturated heterocycles. The molecule has 0 heterocycles. The molecule has 1 aromatic rings. The Balaban J connectivity index is 2.86. The van der Waals surface area contributed by atoms with Gasteiger partial charge in [-0.1, -0.05) is 17.7 Å². The van der Waals surface area contributed by atoms with Gasteiger partial charge in [-0.25, -0.2) is 0 Å². The molecule has 0 aliphatic heterocycles. The third kappa shape index (κ3) is 3.07. The van der Waals surface area contributed by atoms with Crippen LogP contribution in [-0.4, -0.2) is 28.0 Å². The van der Waals surface area contributed by atoms with Crippen LogP contribution >= 0.6 is 11.6 Å². The molecule has 5 heteroatoms. The molecule has 0 bridgehead atoms. The number of halogens is 1. The van der Waals surface area contributed by atoms with Gasteiger partial charge in [0, 0.05) is 5.56 Å². The molecule has 0 fully saturated rings. The van der Waals surface area contributed by atoms with E-state index < -0.39 is 12.2 Å². The number of aromatic hydroxyl groups is 1. The molecule has 1 aromatic carbocycles. The Bertz CT molecular complexity index is 332. The molecule has 15 heavy (non-hydrogen) atoms. The van der Waals surface area contributed by atoms with Gasteiger partial charge < -0.3 is 21.1 Å². The third-order valence-electron chi connectivity index (χ3n) is 2.13. The van der Waals surface area contributed by atoms with Crippen LogP contribution in [0.3, 0.4) is 0 Å². The summed E-state index contributed by atoms with van der Waals surface area (Å²) in [7, 11) is 0. The van der Waals surface area contributed by atoms with Crippen molar-refractivity contribution in [3.05, 3.63) is 28.8 Å². The summed E-state index contributed by atoms with van der Waals surface area (Å²) in [5.41, 5.74) is 5.65. The van der Waals surface area contributed by atoms with Gasteiger partial charge in [-0.05, 0) is 25.1 Å². The van der Waals surface area contributed by atoms with Gasteiger partial charge in [0.25, 0.3) is 0 Å². The number of rotatable bonds is 4. The first-order valence-corrected chi connectivity index (χ1v) is 4.98. The number of phenols is 1. The van der Waals surface area contributed by atoms with Crippen LogP contribution < -0.4 is 5.73 Å². The van der Waals surface area contributed by atoms with Gasteiger partial charge in [-0.15, -0.1) is 0 Å². The summed E-state index contributed by atoms with van der Waals surface area (Å²) in [6.07, 6.45) is -1.74. The van der Waals surface area contributed by atoms with Crippen molar-refractivity contribution in [1.29, 1.82) is 0 Å². The normalized spacial score (nSPS) is 14.9. The lowest BCUT2D eigenvalue weighted by Gasteiger charge is -2.18. The molecule has 0 aliphatic rings. The van der Waals surface area contributed by atoms with Gasteiger partial charge in [0.05, 0.1) is 11.1 Å². The molecule has 0 radical (unpaired) electrons. The van der Waals surface area contributed by atoms with E-state index in [1.807, 2.05) is 0 Å². The first-order valence-electron chi connectivity index (χ1n) is 4.61. The topological polar surface area (TPSA) is 86.7 Å². The number of hydrogen-bond donors (Lipinski definition) is 4. The van der Waals surface area contributed by atoms with E-state index in [4.69, 9.17) is 22.4 Å². The maximum atomic E-state index is 9.72. The van der Waals surface area contributed by atoms with E-state index in [0.29, 0.717) is 12.0 Å². The van der Waals surface area contributed by atoms with Crippen molar-refractivity contribution < 1.29 is 15.3 Å². The van der Waals surface area contributed by atoms with Gasteiger partial charge in [0.2, 0.25) is 0 Å². The Kier molecular flexibility index (Phi) is 4.35. The molecule has 84 valence electrons. The summed E-state index contributed by atoms with van der Waals surface area (Å²) in [6.45, 7) is 0.286. The highest BCUT2D eigenvalue weighted by Crippen LogP contribution is 2.29. The number of aliphatic hydroxyl groups is 2. The second-order valence-electron chi connectivity index (χ2n) is 3.30. The maximum Gasteiger partial charge on any atom is 0.117 e. The molecule has 0 saturated carbocycles. The van der Waals surface area contributed by atoms with Crippen LogP contribution in [0.4, 0.5) is 0 Å². The first kappa shape index (κ1) is 12.3. The average Bonchev–Trinajstić information content (AvgIpc) is 2.17. The minimum Gasteiger partial charge on any atom is -0.508 e. The van der Waals surface area contributed by atoms with E-state index in [2.05, 4.69) is 0 Å². The quantitative estimate of drug-likeness (QED) is 0.617. The van der Waals surface area contributed by atoms with Crippen molar-refractivity contribution >= 4 is 11.6 Å². The number of nitrogens with two attached hydrogens (primary N) is 1. The molecule has 2 unspecified atom stereocenters. The highest BCUT2D eigenvalue weighted by molar-refractivity contribution is 6.31. The SMILES string of the molecule is NCCC(O)C(O)c1ccc(O)cc1Cl. The Morgan fingerprint density at radius 1 is 1.33 bits per heavy atom. The summed E-state index contributed by atoms with van der Waals surface area (Å²) in [4.78, 5) is 0. The molecule has 5 N–H and O–H groups in total. The highest BCUT2D eigenvalue weighted by Gasteiger charge is 2.20. The maximum absolute atomic E-state index is 9.72. The standard InChI is InChI=1S/C10H14ClNO3/c11-8-5-6(13)1-2-7(8)10(15)9(14)3-4-12/h1-2,5,9-10,13-15H,3-4,12H2. The number of aliphatic hydroxyl groups excluding tert-OH is 2. The zero-order valence-electron chi connectivity index (χ0n) is 8.10. The van der Waals surface area contributed by atoms with Crippen LogP contribution in [0.5, 0.6) is 5.75 Å². The lowest BCUT2D eigenvalue weighted by atomic mass is 10.0. The second-order valence-corrected chi connectivity index (χ2v) is 3.70. The molecule has 2 atom stereocenters. The molecule has 1 rings (SSSR count). The zero-order valence-corrected chi connectivity index (χ0v) is 8.85. The molecular weight excluding hydrogens is 218 g/mol. The molecule has 0 amide bonds. The fraction of sp³-hybridized carbons (Fsp3) is 0.400. The number of benzene rings is 1. The molecule has 0 aliphatic carbocycles. The first-order chi connectivity index (χ1) is 7.06. The van der Waals surface area contributed by atoms with Crippen LogP contribution in [0.2, 0.25) is 5.02 Å². The van der Waals surface area contributed by atoms with Crippen LogP contribution in [-0.2, 0) is 0 Å². The Morgan fingerprint density at radius 3 is 2.53 bits per heavy atom. The van der Waals surface area contributed by atoms with Crippen LogP contribution in [0.25, 0.3) is 0 Å². The summed E-state index contributed by atoms with van der Waals surface area (Å²) in [5.74, 6) is 0.0178. The highest BCUT2D eigenvalue weighted by atomic mass is 35.5. The van der Waals surface area contributed by atoms with Gasteiger partial charge in [0.1, 0.15) is 11.9 Å². The zero-order chi connectivity index (χ0) is 11.4. The monoisotopic (exact) mass is 231 g/mol. The average molecular weight is 232 g/mol. The van der Waals surface area contributed by atoms with Gasteiger partial charge in [0.15, 0.2) is 0 Å². The van der Waals surface area contributed by atoms with Crippen molar-refractivity contribution in [1.82, 2.24) is 0 Å². The Labute approximate surface area is 92.9 Å². The Morgan fingerprint density at radius 2 is 2.00 bits per heavy atom. The minimum atomic E-state index is -1.08. The molecule has 0 aromatic heterocycles. The van der Waals surface area contributed by atoms with E-state index in [-0.39, 0.29) is 17.3 Å². The molecule has 4 nitrogen and oxygen atoms in total. The number of hydrogen-bond acceptors (Lipinski definition) is 4. The second kappa shape index (κ2) is 5.32. The van der Waals surface area contributed by atoms with Crippen molar-refractivity contribution in [2.75, 3.05) is 6.54 Å². The lowest BCUT2D eigenvalue weighted by Crippen LogP contribution is -2.21. The summed E-state index contributed by atoms with van der Waals surface area (Å²) in [5, 5.41) is 28.6. The fourth-order valence-electron chi connectivity index (χ4n) is 1.29. The third-order valence-corrected chi connectivity index (χ3v) is 2.46. The summed E-state index contributed by atoms with van der Waals surface area (Å²) >= 11 is 5.81. The van der Waals surface area contributed by atoms with E-state index in [0.717, 1.165) is 0 Å². The molecule has 0 spiro atoms. The van der Waals surface area contributed by atoms with Gasteiger partial charge in [-0.3, -0.25) is 0 Å². The van der Waals surface area contributed by atoms with Gasteiger partial charge >= 0.3 is 0 Å². The van der Waals surface area contributed by atoms with Crippen molar-refractivity contribution in [3.63, 3.8) is 0 Å². The van der Waals surface area contributed by atoms with Crippen LogP contribution in [0.1, 0.15) is 18.1 Å². The van der Waals surface area contributed by atoms with E-state index >= 15 is 0 Å². The largest absolute Gasteiger partial charge is 0.508 e.